The molecule has 3 nitrogen and oxygen atoms in total. The number of aryl methyl sites for hydroxylation is 1. The van der Waals surface area contributed by atoms with Crippen molar-refractivity contribution in [2.75, 3.05) is 18.0 Å². The van der Waals surface area contributed by atoms with E-state index >= 15 is 0 Å². The van der Waals surface area contributed by atoms with Crippen molar-refractivity contribution >= 4 is 5.69 Å². The Morgan fingerprint density at radius 3 is 2.31 bits per heavy atom. The topological polar surface area (TPSA) is 25.2 Å². The Bertz CT molecular complexity index is 450. The minimum absolute atomic E-state index is 0.0876. The van der Waals surface area contributed by atoms with Crippen molar-refractivity contribution in [3.05, 3.63) is 28.2 Å². The summed E-state index contributed by atoms with van der Waals surface area (Å²) in [6, 6.07) is 2.06. The lowest BCUT2D eigenvalue weighted by Gasteiger charge is -2.34. The van der Waals surface area contributed by atoms with Crippen LogP contribution in [0.3, 0.4) is 0 Å². The predicted octanol–water partition coefficient (Wildman–Crippen LogP) is 1.89. The molecule has 1 aliphatic heterocycles. The van der Waals surface area contributed by atoms with Crippen molar-refractivity contribution < 1.29 is 0 Å². The minimum Gasteiger partial charge on any atom is -0.370 e. The maximum atomic E-state index is 12.0. The van der Waals surface area contributed by atoms with Crippen molar-refractivity contribution in [3.8, 4) is 0 Å². The van der Waals surface area contributed by atoms with E-state index in [2.05, 4.69) is 31.7 Å². The second-order valence-corrected chi connectivity index (χ2v) is 5.62. The Kier molecular flexibility index (Phi) is 2.56. The Morgan fingerprint density at radius 2 is 1.88 bits per heavy atom. The third-order valence-electron chi connectivity index (χ3n) is 3.20. The van der Waals surface area contributed by atoms with Gasteiger partial charge in [-0.25, -0.2) is 0 Å². The van der Waals surface area contributed by atoms with Crippen LogP contribution in [-0.2, 0) is 12.5 Å². The molecule has 0 spiro atoms. The number of anilines is 1. The number of hydrogen-bond donors (Lipinski definition) is 0. The molecule has 0 atom stereocenters. The summed E-state index contributed by atoms with van der Waals surface area (Å²) in [6.07, 6.45) is 3.20. The van der Waals surface area contributed by atoms with Gasteiger partial charge in [-0.3, -0.25) is 4.79 Å². The third-order valence-corrected chi connectivity index (χ3v) is 3.20. The first kappa shape index (κ1) is 11.2. The highest BCUT2D eigenvalue weighted by molar-refractivity contribution is 5.49. The molecule has 3 heteroatoms. The fourth-order valence-electron chi connectivity index (χ4n) is 1.98. The Labute approximate surface area is 96.7 Å². The lowest BCUT2D eigenvalue weighted by atomic mass is 9.87. The molecule has 16 heavy (non-hydrogen) atoms. The van der Waals surface area contributed by atoms with Gasteiger partial charge < -0.3 is 9.47 Å². The van der Waals surface area contributed by atoms with E-state index in [1.54, 1.807) is 4.57 Å². The smallest absolute Gasteiger partial charge is 0.254 e. The molecule has 1 aromatic heterocycles. The van der Waals surface area contributed by atoms with Gasteiger partial charge in [0.15, 0.2) is 0 Å². The molecule has 0 bridgehead atoms. The highest BCUT2D eigenvalue weighted by Crippen LogP contribution is 2.25. The molecule has 1 aliphatic rings. The van der Waals surface area contributed by atoms with Crippen molar-refractivity contribution in [3.63, 3.8) is 0 Å². The molecular weight excluding hydrogens is 200 g/mol. The monoisotopic (exact) mass is 220 g/mol. The van der Waals surface area contributed by atoms with E-state index in [9.17, 15) is 4.79 Å². The third kappa shape index (κ3) is 1.86. The Morgan fingerprint density at radius 1 is 1.25 bits per heavy atom. The molecule has 1 saturated heterocycles. The van der Waals surface area contributed by atoms with Crippen LogP contribution in [0.5, 0.6) is 0 Å². The molecule has 1 fully saturated rings. The molecule has 0 aromatic carbocycles. The van der Waals surface area contributed by atoms with E-state index in [4.69, 9.17) is 0 Å². The van der Waals surface area contributed by atoms with Crippen LogP contribution in [-0.4, -0.2) is 17.7 Å². The number of nitrogens with zero attached hydrogens (tertiary/aromatic N) is 2. The molecule has 0 unspecified atom stereocenters. The molecular formula is C13H20N2O. The molecule has 2 rings (SSSR count). The van der Waals surface area contributed by atoms with Gasteiger partial charge in [0, 0.05) is 31.9 Å². The summed E-state index contributed by atoms with van der Waals surface area (Å²) in [4.78, 5) is 14.4. The van der Waals surface area contributed by atoms with Gasteiger partial charge in [0.2, 0.25) is 0 Å². The molecule has 0 saturated carbocycles. The van der Waals surface area contributed by atoms with Crippen LogP contribution < -0.4 is 10.5 Å². The summed E-state index contributed by atoms with van der Waals surface area (Å²) < 4.78 is 1.70. The van der Waals surface area contributed by atoms with Crippen molar-refractivity contribution in [1.82, 2.24) is 4.57 Å². The van der Waals surface area contributed by atoms with Crippen LogP contribution in [0, 0.1) is 0 Å². The number of pyridine rings is 1. The van der Waals surface area contributed by atoms with E-state index in [1.807, 2.05) is 13.2 Å². The fourth-order valence-corrected chi connectivity index (χ4v) is 1.98. The summed E-state index contributed by atoms with van der Waals surface area (Å²) >= 11 is 0. The number of aromatic nitrogens is 1. The molecule has 88 valence electrons. The quantitative estimate of drug-likeness (QED) is 0.722. The van der Waals surface area contributed by atoms with Crippen LogP contribution in [0.4, 0.5) is 5.69 Å². The second-order valence-electron chi connectivity index (χ2n) is 5.62. The predicted molar refractivity (Wildman–Crippen MR) is 67.2 cm³/mol. The maximum Gasteiger partial charge on any atom is 0.254 e. The summed E-state index contributed by atoms with van der Waals surface area (Å²) in [5.74, 6) is 0. The first-order chi connectivity index (χ1) is 7.39. The van der Waals surface area contributed by atoms with Crippen LogP contribution in [0.25, 0.3) is 0 Å². The number of rotatable bonds is 1. The van der Waals surface area contributed by atoms with Crippen LogP contribution >= 0.6 is 0 Å². The van der Waals surface area contributed by atoms with Gasteiger partial charge in [-0.05, 0) is 17.9 Å². The normalized spacial score (nSPS) is 16.1. The van der Waals surface area contributed by atoms with Gasteiger partial charge in [-0.2, -0.15) is 0 Å². The highest BCUT2D eigenvalue weighted by Gasteiger charge is 2.22. The molecule has 0 amide bonds. The van der Waals surface area contributed by atoms with Crippen molar-refractivity contribution in [2.45, 2.75) is 32.6 Å². The highest BCUT2D eigenvalue weighted by atomic mass is 16.1. The van der Waals surface area contributed by atoms with Crippen molar-refractivity contribution in [1.29, 1.82) is 0 Å². The summed E-state index contributed by atoms with van der Waals surface area (Å²) in [5.41, 5.74) is 2.12. The van der Waals surface area contributed by atoms with E-state index in [1.165, 1.54) is 12.1 Å². The second kappa shape index (κ2) is 3.65. The first-order valence-corrected chi connectivity index (χ1v) is 5.86. The summed E-state index contributed by atoms with van der Waals surface area (Å²) in [7, 11) is 1.83. The zero-order valence-corrected chi connectivity index (χ0v) is 10.6. The van der Waals surface area contributed by atoms with Gasteiger partial charge >= 0.3 is 0 Å². The summed E-state index contributed by atoms with van der Waals surface area (Å²) in [6.45, 7) is 8.49. The van der Waals surface area contributed by atoms with Crippen molar-refractivity contribution in [2.24, 2.45) is 7.05 Å². The van der Waals surface area contributed by atoms with Gasteiger partial charge in [0.1, 0.15) is 0 Å². The van der Waals surface area contributed by atoms with Crippen LogP contribution in [0.2, 0.25) is 0 Å². The van der Waals surface area contributed by atoms with E-state index in [-0.39, 0.29) is 11.0 Å². The molecule has 0 aliphatic carbocycles. The molecule has 0 N–H and O–H groups in total. The largest absolute Gasteiger partial charge is 0.370 e. The average Bonchev–Trinajstić information content (AvgIpc) is 2.05. The minimum atomic E-state index is -0.0876. The fraction of sp³-hybridized carbons (Fsp3) is 0.615. The van der Waals surface area contributed by atoms with Crippen LogP contribution in [0.1, 0.15) is 32.8 Å². The maximum absolute atomic E-state index is 12.0. The Balaban J connectivity index is 2.51. The Hall–Kier alpha value is -1.25. The van der Waals surface area contributed by atoms with Crippen LogP contribution in [0.15, 0.2) is 17.1 Å². The lowest BCUT2D eigenvalue weighted by molar-refractivity contribution is 0.567. The zero-order chi connectivity index (χ0) is 11.9. The van der Waals surface area contributed by atoms with Gasteiger partial charge in [0.25, 0.3) is 5.56 Å². The van der Waals surface area contributed by atoms with E-state index < -0.39 is 0 Å². The standard InChI is InChI=1S/C13H20N2O/c1-13(2,3)11-8-10(15-6-5-7-15)9-14(4)12(11)16/h8-9H,5-7H2,1-4H3. The molecule has 0 radical (unpaired) electrons. The van der Waals surface area contributed by atoms with E-state index in [0.717, 1.165) is 18.7 Å². The SMILES string of the molecule is Cn1cc(N2CCC2)cc(C(C)(C)C)c1=O. The number of hydrogen-bond acceptors (Lipinski definition) is 2. The van der Waals surface area contributed by atoms with Gasteiger partial charge in [-0.1, -0.05) is 20.8 Å². The average molecular weight is 220 g/mol. The van der Waals surface area contributed by atoms with Gasteiger partial charge in [0.05, 0.1) is 5.69 Å². The summed E-state index contributed by atoms with van der Waals surface area (Å²) in [5, 5.41) is 0. The molecule has 1 aromatic rings. The van der Waals surface area contributed by atoms with E-state index in [0.29, 0.717) is 0 Å². The molecule has 2 heterocycles. The van der Waals surface area contributed by atoms with Gasteiger partial charge in [-0.15, -0.1) is 0 Å². The first-order valence-electron chi connectivity index (χ1n) is 5.86. The zero-order valence-electron chi connectivity index (χ0n) is 10.6. The lowest BCUT2D eigenvalue weighted by Crippen LogP contribution is -2.39.